The van der Waals surface area contributed by atoms with Crippen molar-refractivity contribution < 1.29 is 5.11 Å². The number of nitrogens with zero attached hydrogens (tertiary/aromatic N) is 1. The van der Waals surface area contributed by atoms with E-state index in [4.69, 9.17) is 4.99 Å². The van der Waals surface area contributed by atoms with Crippen molar-refractivity contribution in [2.24, 2.45) is 4.99 Å². The Kier molecular flexibility index (Phi) is 5.20. The number of aromatic hydroxyl groups is 1. The molecule has 0 saturated heterocycles. The summed E-state index contributed by atoms with van der Waals surface area (Å²) in [5.74, 6) is 1.10. The zero-order valence-corrected chi connectivity index (χ0v) is 13.2. The maximum atomic E-state index is 9.98. The molecule has 0 radical (unpaired) electrons. The fourth-order valence-electron chi connectivity index (χ4n) is 3.47. The second kappa shape index (κ2) is 7.52. The van der Waals surface area contributed by atoms with Crippen LogP contribution in [0.15, 0.2) is 29.3 Å². The molecule has 0 heterocycles. The second-order valence-electron chi connectivity index (χ2n) is 6.54. The van der Waals surface area contributed by atoms with Crippen LogP contribution in [0.25, 0.3) is 0 Å². The van der Waals surface area contributed by atoms with Gasteiger partial charge in [-0.2, -0.15) is 0 Å². The van der Waals surface area contributed by atoms with Gasteiger partial charge in [-0.15, -0.1) is 0 Å². The van der Waals surface area contributed by atoms with Crippen molar-refractivity contribution in [1.29, 1.82) is 0 Å². The molecular weight excluding hydrogens is 274 g/mol. The van der Waals surface area contributed by atoms with Crippen molar-refractivity contribution in [3.8, 4) is 5.75 Å². The molecule has 120 valence electrons. The third-order valence-electron chi connectivity index (χ3n) is 4.74. The van der Waals surface area contributed by atoms with E-state index in [0.29, 0.717) is 12.1 Å². The summed E-state index contributed by atoms with van der Waals surface area (Å²) in [5.41, 5.74) is 0.725. The van der Waals surface area contributed by atoms with Crippen molar-refractivity contribution in [3.63, 3.8) is 0 Å². The summed E-state index contributed by atoms with van der Waals surface area (Å²) in [7, 11) is 0. The maximum Gasteiger partial charge on any atom is 0.196 e. The van der Waals surface area contributed by atoms with Gasteiger partial charge in [0.05, 0.1) is 11.7 Å². The molecule has 3 N–H and O–H groups in total. The lowest BCUT2D eigenvalue weighted by Crippen LogP contribution is -2.41. The molecule has 0 atom stereocenters. The Labute approximate surface area is 133 Å². The third kappa shape index (κ3) is 4.15. The fraction of sp³-hybridized carbons (Fsp3) is 0.611. The van der Waals surface area contributed by atoms with Gasteiger partial charge in [0.15, 0.2) is 5.96 Å². The maximum absolute atomic E-state index is 9.98. The summed E-state index contributed by atoms with van der Waals surface area (Å²) in [6, 6.07) is 8.29. The van der Waals surface area contributed by atoms with Gasteiger partial charge >= 0.3 is 0 Å². The van der Waals surface area contributed by atoms with Crippen LogP contribution >= 0.6 is 0 Å². The first-order chi connectivity index (χ1) is 10.8. The van der Waals surface area contributed by atoms with Gasteiger partial charge in [0.1, 0.15) is 5.75 Å². The van der Waals surface area contributed by atoms with E-state index in [1.54, 1.807) is 6.07 Å². The molecule has 1 aromatic rings. The summed E-state index contributed by atoms with van der Waals surface area (Å²) < 4.78 is 0. The number of guanidine groups is 1. The van der Waals surface area contributed by atoms with Crippen LogP contribution < -0.4 is 10.6 Å². The molecule has 0 bridgehead atoms. The Balaban J connectivity index is 1.71. The zero-order valence-electron chi connectivity index (χ0n) is 13.2. The minimum atomic E-state index is 0.270. The highest BCUT2D eigenvalue weighted by molar-refractivity contribution is 5.95. The lowest BCUT2D eigenvalue weighted by Gasteiger charge is -2.25. The molecule has 2 aliphatic rings. The lowest BCUT2D eigenvalue weighted by atomic mass is 9.96. The monoisotopic (exact) mass is 301 g/mol. The van der Waals surface area contributed by atoms with E-state index in [-0.39, 0.29) is 5.75 Å². The van der Waals surface area contributed by atoms with Crippen molar-refractivity contribution in [1.82, 2.24) is 5.32 Å². The standard InChI is InChI=1S/C18H27N3O/c22-17-13-7-6-12-16(17)21-18(20-15-10-4-5-11-15)19-14-8-2-1-3-9-14/h6-7,12-15,22H,1-5,8-11H2,(H2,19,20,21). The van der Waals surface area contributed by atoms with Crippen LogP contribution in [0, 0.1) is 0 Å². The van der Waals surface area contributed by atoms with Crippen molar-refractivity contribution >= 4 is 11.6 Å². The van der Waals surface area contributed by atoms with Crippen LogP contribution in [0.2, 0.25) is 0 Å². The summed E-state index contributed by atoms with van der Waals surface area (Å²) in [6.45, 7) is 0. The quantitative estimate of drug-likeness (QED) is 0.449. The molecule has 2 fully saturated rings. The smallest absolute Gasteiger partial charge is 0.196 e. The highest BCUT2D eigenvalue weighted by atomic mass is 16.3. The van der Waals surface area contributed by atoms with Gasteiger partial charge < -0.3 is 15.7 Å². The molecule has 0 spiro atoms. The van der Waals surface area contributed by atoms with Gasteiger partial charge in [0, 0.05) is 6.04 Å². The molecule has 22 heavy (non-hydrogen) atoms. The van der Waals surface area contributed by atoms with Crippen LogP contribution in [-0.2, 0) is 0 Å². The first kappa shape index (κ1) is 15.2. The second-order valence-corrected chi connectivity index (χ2v) is 6.54. The minimum absolute atomic E-state index is 0.270. The average molecular weight is 301 g/mol. The molecule has 2 saturated carbocycles. The van der Waals surface area contributed by atoms with Gasteiger partial charge in [0.25, 0.3) is 0 Å². The van der Waals surface area contributed by atoms with Crippen LogP contribution in [0.4, 0.5) is 5.69 Å². The van der Waals surface area contributed by atoms with E-state index in [2.05, 4.69) is 10.6 Å². The molecule has 1 aromatic carbocycles. The molecule has 0 unspecified atom stereocenters. The molecular formula is C18H27N3O. The number of aliphatic imine (C=N–C) groups is 1. The third-order valence-corrected chi connectivity index (χ3v) is 4.74. The normalized spacial score (nSPS) is 21.0. The van der Waals surface area contributed by atoms with Gasteiger partial charge in [-0.05, 0) is 37.8 Å². The number of hydrogen-bond acceptors (Lipinski definition) is 2. The number of nitrogens with one attached hydrogen (secondary N) is 2. The van der Waals surface area contributed by atoms with Gasteiger partial charge in [0.2, 0.25) is 0 Å². The largest absolute Gasteiger partial charge is 0.506 e. The minimum Gasteiger partial charge on any atom is -0.506 e. The predicted octanol–water partition coefficient (Wildman–Crippen LogP) is 4.03. The molecule has 2 aliphatic carbocycles. The van der Waals surface area contributed by atoms with Crippen LogP contribution in [-0.4, -0.2) is 23.1 Å². The number of para-hydroxylation sites is 2. The van der Waals surface area contributed by atoms with Crippen LogP contribution in [0.5, 0.6) is 5.75 Å². The number of hydrogen-bond donors (Lipinski definition) is 3. The number of benzene rings is 1. The molecule has 0 amide bonds. The van der Waals surface area contributed by atoms with Crippen LogP contribution in [0.3, 0.4) is 0 Å². The van der Waals surface area contributed by atoms with E-state index in [0.717, 1.165) is 11.6 Å². The van der Waals surface area contributed by atoms with E-state index in [9.17, 15) is 5.11 Å². The SMILES string of the molecule is Oc1ccccc1NC(=NC1CCCC1)NC1CCCCC1. The average Bonchev–Trinajstić information content (AvgIpc) is 3.03. The number of anilines is 1. The topological polar surface area (TPSA) is 56.6 Å². The number of phenols is 1. The Morgan fingerprint density at radius 1 is 0.955 bits per heavy atom. The first-order valence-corrected chi connectivity index (χ1v) is 8.70. The summed E-state index contributed by atoms with van der Waals surface area (Å²) in [6.07, 6.45) is 11.3. The highest BCUT2D eigenvalue weighted by Crippen LogP contribution is 2.24. The van der Waals surface area contributed by atoms with E-state index in [1.165, 1.54) is 57.8 Å². The zero-order chi connectivity index (χ0) is 15.2. The molecule has 3 rings (SSSR count). The number of phenolic OH excluding ortho intramolecular Hbond substituents is 1. The molecule has 0 aromatic heterocycles. The van der Waals surface area contributed by atoms with E-state index < -0.39 is 0 Å². The van der Waals surface area contributed by atoms with E-state index >= 15 is 0 Å². The summed E-state index contributed by atoms with van der Waals surface area (Å²) >= 11 is 0. The van der Waals surface area contributed by atoms with Crippen molar-refractivity contribution in [3.05, 3.63) is 24.3 Å². The Hall–Kier alpha value is -1.71. The van der Waals surface area contributed by atoms with Gasteiger partial charge in [-0.3, -0.25) is 0 Å². The molecule has 4 heteroatoms. The van der Waals surface area contributed by atoms with Gasteiger partial charge in [-0.1, -0.05) is 44.2 Å². The Bertz CT molecular complexity index is 503. The van der Waals surface area contributed by atoms with Gasteiger partial charge in [-0.25, -0.2) is 4.99 Å². The predicted molar refractivity (Wildman–Crippen MR) is 91.4 cm³/mol. The van der Waals surface area contributed by atoms with Crippen molar-refractivity contribution in [2.75, 3.05) is 5.32 Å². The molecule has 4 nitrogen and oxygen atoms in total. The Morgan fingerprint density at radius 3 is 2.36 bits per heavy atom. The Morgan fingerprint density at radius 2 is 1.64 bits per heavy atom. The number of rotatable bonds is 3. The van der Waals surface area contributed by atoms with Crippen molar-refractivity contribution in [2.45, 2.75) is 69.9 Å². The first-order valence-electron chi connectivity index (χ1n) is 8.70. The summed E-state index contributed by atoms with van der Waals surface area (Å²) in [4.78, 5) is 4.89. The fourth-order valence-corrected chi connectivity index (χ4v) is 3.47. The summed E-state index contributed by atoms with van der Waals surface area (Å²) in [5, 5.41) is 16.9. The highest BCUT2D eigenvalue weighted by Gasteiger charge is 2.18. The lowest BCUT2D eigenvalue weighted by molar-refractivity contribution is 0.412. The van der Waals surface area contributed by atoms with E-state index in [1.807, 2.05) is 18.2 Å². The van der Waals surface area contributed by atoms with Crippen LogP contribution in [0.1, 0.15) is 57.8 Å². The molecule has 0 aliphatic heterocycles.